The molecule has 1 unspecified atom stereocenters. The van der Waals surface area contributed by atoms with E-state index in [4.69, 9.17) is 0 Å². The second-order valence-corrected chi connectivity index (χ2v) is 3.84. The van der Waals surface area contributed by atoms with Gasteiger partial charge in [0.15, 0.2) is 0 Å². The third-order valence-electron chi connectivity index (χ3n) is 2.69. The zero-order valence-corrected chi connectivity index (χ0v) is 8.80. The highest BCUT2D eigenvalue weighted by Crippen LogP contribution is 2.13. The van der Waals surface area contributed by atoms with Crippen LogP contribution in [0.25, 0.3) is 0 Å². The van der Waals surface area contributed by atoms with Crippen LogP contribution in [-0.4, -0.2) is 34.5 Å². The van der Waals surface area contributed by atoms with E-state index in [-0.39, 0.29) is 12.3 Å². The number of nitrogens with zero attached hydrogens (tertiary/aromatic N) is 1. The fraction of sp³-hybridized carbons (Fsp3) is 0.333. The van der Waals surface area contributed by atoms with Gasteiger partial charge in [0.1, 0.15) is 6.10 Å². The molecule has 1 fully saturated rings. The van der Waals surface area contributed by atoms with Gasteiger partial charge in [-0.05, 0) is 12.0 Å². The van der Waals surface area contributed by atoms with E-state index in [1.165, 1.54) is 0 Å². The molecule has 0 radical (unpaired) electrons. The number of benzene rings is 1. The quantitative estimate of drug-likeness (QED) is 0.746. The van der Waals surface area contributed by atoms with Crippen LogP contribution in [0.1, 0.15) is 12.0 Å². The van der Waals surface area contributed by atoms with Crippen molar-refractivity contribution in [1.82, 2.24) is 4.90 Å². The summed E-state index contributed by atoms with van der Waals surface area (Å²) in [5.41, 5.74) is 1.07. The summed E-state index contributed by atoms with van der Waals surface area (Å²) in [6.07, 6.45) is -0.582. The molecule has 1 atom stereocenters. The fourth-order valence-electron chi connectivity index (χ4n) is 1.79. The zero-order chi connectivity index (χ0) is 11.5. The Bertz CT molecular complexity index is 402. The Balaban J connectivity index is 1.96. The molecule has 4 heteroatoms. The monoisotopic (exact) mass is 219 g/mol. The normalized spacial score (nSPS) is 20.6. The van der Waals surface area contributed by atoms with E-state index in [0.29, 0.717) is 13.0 Å². The van der Waals surface area contributed by atoms with Gasteiger partial charge in [0.05, 0.1) is 6.42 Å². The van der Waals surface area contributed by atoms with Crippen LogP contribution in [0.3, 0.4) is 0 Å². The van der Waals surface area contributed by atoms with E-state index >= 15 is 0 Å². The van der Waals surface area contributed by atoms with Gasteiger partial charge in [-0.3, -0.25) is 14.5 Å². The molecule has 2 rings (SSSR count). The summed E-state index contributed by atoms with van der Waals surface area (Å²) in [7, 11) is 0. The van der Waals surface area contributed by atoms with E-state index < -0.39 is 12.0 Å². The van der Waals surface area contributed by atoms with Crippen LogP contribution in [0.5, 0.6) is 0 Å². The lowest BCUT2D eigenvalue weighted by Crippen LogP contribution is -2.33. The van der Waals surface area contributed by atoms with E-state index in [1.807, 2.05) is 30.3 Å². The summed E-state index contributed by atoms with van der Waals surface area (Å²) >= 11 is 0. The third kappa shape index (κ3) is 2.12. The van der Waals surface area contributed by atoms with Gasteiger partial charge in [-0.2, -0.15) is 0 Å². The summed E-state index contributed by atoms with van der Waals surface area (Å²) in [6.45, 7) is 0.346. The second kappa shape index (κ2) is 4.45. The fourth-order valence-corrected chi connectivity index (χ4v) is 1.79. The molecular weight excluding hydrogens is 206 g/mol. The minimum atomic E-state index is -1.14. The van der Waals surface area contributed by atoms with Crippen LogP contribution in [0, 0.1) is 0 Å². The average Bonchev–Trinajstić information content (AvgIpc) is 2.53. The maximum Gasteiger partial charge on any atom is 0.258 e. The van der Waals surface area contributed by atoms with E-state index in [1.54, 1.807) is 0 Å². The highest BCUT2D eigenvalue weighted by molar-refractivity contribution is 6.04. The number of carbonyl (C=O) groups excluding carboxylic acids is 2. The first kappa shape index (κ1) is 10.8. The summed E-state index contributed by atoms with van der Waals surface area (Å²) < 4.78 is 0. The number of carbonyl (C=O) groups is 2. The van der Waals surface area contributed by atoms with Crippen molar-refractivity contribution < 1.29 is 14.7 Å². The minimum absolute atomic E-state index is 0.0758. The van der Waals surface area contributed by atoms with Gasteiger partial charge in [0.2, 0.25) is 5.91 Å². The summed E-state index contributed by atoms with van der Waals surface area (Å²) in [4.78, 5) is 23.9. The average molecular weight is 219 g/mol. The van der Waals surface area contributed by atoms with Crippen molar-refractivity contribution in [2.45, 2.75) is 18.9 Å². The van der Waals surface area contributed by atoms with Gasteiger partial charge < -0.3 is 5.11 Å². The minimum Gasteiger partial charge on any atom is -0.383 e. The van der Waals surface area contributed by atoms with E-state index in [0.717, 1.165) is 10.5 Å². The Labute approximate surface area is 93.5 Å². The first-order valence-corrected chi connectivity index (χ1v) is 5.24. The molecule has 4 nitrogen and oxygen atoms in total. The Kier molecular flexibility index (Phi) is 3.01. The molecule has 1 aromatic rings. The van der Waals surface area contributed by atoms with Crippen LogP contribution in [0.15, 0.2) is 30.3 Å². The smallest absolute Gasteiger partial charge is 0.258 e. The molecule has 16 heavy (non-hydrogen) atoms. The first-order valence-electron chi connectivity index (χ1n) is 5.24. The summed E-state index contributed by atoms with van der Waals surface area (Å²) in [5.74, 6) is -0.755. The molecule has 0 saturated carbocycles. The van der Waals surface area contributed by atoms with Crippen LogP contribution in [0.2, 0.25) is 0 Å². The van der Waals surface area contributed by atoms with E-state index in [2.05, 4.69) is 0 Å². The lowest BCUT2D eigenvalue weighted by atomic mass is 10.1. The number of aliphatic hydroxyl groups is 1. The lowest BCUT2D eigenvalue weighted by Gasteiger charge is -2.13. The van der Waals surface area contributed by atoms with Crippen molar-refractivity contribution in [3.05, 3.63) is 35.9 Å². The highest BCUT2D eigenvalue weighted by atomic mass is 16.3. The number of hydrogen-bond donors (Lipinski definition) is 1. The number of aliphatic hydroxyl groups excluding tert-OH is 1. The molecule has 1 aromatic carbocycles. The molecule has 1 heterocycles. The molecule has 1 saturated heterocycles. The van der Waals surface area contributed by atoms with Gasteiger partial charge in [-0.25, -0.2) is 0 Å². The van der Waals surface area contributed by atoms with Crippen LogP contribution in [-0.2, 0) is 16.0 Å². The number of amides is 2. The van der Waals surface area contributed by atoms with Gasteiger partial charge in [-0.15, -0.1) is 0 Å². The highest BCUT2D eigenvalue weighted by Gasteiger charge is 2.36. The van der Waals surface area contributed by atoms with Gasteiger partial charge >= 0.3 is 0 Å². The second-order valence-electron chi connectivity index (χ2n) is 3.84. The van der Waals surface area contributed by atoms with Crippen molar-refractivity contribution in [3.8, 4) is 0 Å². The molecule has 0 bridgehead atoms. The predicted octanol–water partition coefficient (Wildman–Crippen LogP) is 0.349. The van der Waals surface area contributed by atoms with Crippen molar-refractivity contribution in [2.75, 3.05) is 6.54 Å². The van der Waals surface area contributed by atoms with Crippen molar-refractivity contribution in [1.29, 1.82) is 0 Å². The van der Waals surface area contributed by atoms with Crippen molar-refractivity contribution in [3.63, 3.8) is 0 Å². The van der Waals surface area contributed by atoms with Gasteiger partial charge in [0.25, 0.3) is 5.91 Å². The summed E-state index contributed by atoms with van der Waals surface area (Å²) in [6, 6.07) is 9.64. The molecule has 84 valence electrons. The Morgan fingerprint density at radius 2 is 1.94 bits per heavy atom. The van der Waals surface area contributed by atoms with Crippen LogP contribution < -0.4 is 0 Å². The molecule has 1 aliphatic rings. The maximum atomic E-state index is 11.4. The molecule has 1 aliphatic heterocycles. The Morgan fingerprint density at radius 3 is 2.50 bits per heavy atom. The third-order valence-corrected chi connectivity index (χ3v) is 2.69. The van der Waals surface area contributed by atoms with E-state index in [9.17, 15) is 14.7 Å². The Hall–Kier alpha value is -1.68. The van der Waals surface area contributed by atoms with Crippen LogP contribution in [0.4, 0.5) is 0 Å². The first-order chi connectivity index (χ1) is 7.68. The maximum absolute atomic E-state index is 11.4. The summed E-state index contributed by atoms with van der Waals surface area (Å²) in [5, 5.41) is 9.22. The topological polar surface area (TPSA) is 57.6 Å². The van der Waals surface area contributed by atoms with Crippen molar-refractivity contribution in [2.24, 2.45) is 0 Å². The molecule has 0 aromatic heterocycles. The zero-order valence-electron chi connectivity index (χ0n) is 8.80. The molecule has 2 amide bonds. The predicted molar refractivity (Wildman–Crippen MR) is 57.5 cm³/mol. The molecular formula is C12H13NO3. The van der Waals surface area contributed by atoms with Crippen LogP contribution >= 0.6 is 0 Å². The Morgan fingerprint density at radius 1 is 1.25 bits per heavy atom. The molecule has 1 N–H and O–H groups in total. The molecule has 0 spiro atoms. The number of imide groups is 1. The number of likely N-dealkylation sites (tertiary alicyclic amines) is 1. The molecule has 0 aliphatic carbocycles. The SMILES string of the molecule is O=C1CC(O)C(=O)N1CCc1ccccc1. The largest absolute Gasteiger partial charge is 0.383 e. The standard InChI is InChI=1S/C12H13NO3/c14-10-8-11(15)13(12(10)16)7-6-9-4-2-1-3-5-9/h1-5,10,14H,6-8H2. The van der Waals surface area contributed by atoms with Gasteiger partial charge in [0, 0.05) is 6.54 Å². The lowest BCUT2D eigenvalue weighted by molar-refractivity contribution is -0.140. The number of hydrogen-bond acceptors (Lipinski definition) is 3. The van der Waals surface area contributed by atoms with Gasteiger partial charge in [-0.1, -0.05) is 30.3 Å². The van der Waals surface area contributed by atoms with Crippen molar-refractivity contribution >= 4 is 11.8 Å². The number of rotatable bonds is 3.